The summed E-state index contributed by atoms with van der Waals surface area (Å²) in [4.78, 5) is 18.6. The molecule has 1 amide bonds. The second-order valence-electron chi connectivity index (χ2n) is 6.88. The molecule has 1 saturated heterocycles. The predicted molar refractivity (Wildman–Crippen MR) is 99.8 cm³/mol. The normalized spacial score (nSPS) is 22.2. The molecule has 0 aromatic carbocycles. The minimum Gasteiger partial charge on any atom is -0.341 e. The Labute approximate surface area is 155 Å². The molecular weight excluding hydrogens is 380 g/mol. The van der Waals surface area contributed by atoms with E-state index in [0.29, 0.717) is 12.5 Å². The summed E-state index contributed by atoms with van der Waals surface area (Å²) >= 11 is 3.67. The molecular formula is C19H19BrN4O. The number of hydrogen-bond acceptors (Lipinski definition) is 3. The second kappa shape index (κ2) is 6.30. The zero-order chi connectivity index (χ0) is 17.6. The van der Waals surface area contributed by atoms with Crippen LogP contribution in [0.5, 0.6) is 0 Å². The molecule has 5 nitrogen and oxygen atoms in total. The molecule has 2 aliphatic rings. The number of pyridine rings is 1. The van der Waals surface area contributed by atoms with Gasteiger partial charge in [-0.25, -0.2) is 0 Å². The fourth-order valence-corrected chi connectivity index (χ4v) is 4.48. The SMILES string of the molecule is C[C@@H]1CCN(C(=O)CC#N)C[C@@H]1n1cc(Br)c2cnc3c(c21)C=CC3. The molecule has 2 atom stereocenters. The number of halogens is 1. The van der Waals surface area contributed by atoms with Crippen molar-refractivity contribution in [3.63, 3.8) is 0 Å². The fraction of sp³-hybridized carbons (Fsp3) is 0.421. The molecule has 1 aliphatic carbocycles. The van der Waals surface area contributed by atoms with Gasteiger partial charge in [0.2, 0.25) is 5.91 Å². The van der Waals surface area contributed by atoms with Crippen LogP contribution in [0.1, 0.15) is 37.1 Å². The lowest BCUT2D eigenvalue weighted by Crippen LogP contribution is -2.43. The van der Waals surface area contributed by atoms with Crippen molar-refractivity contribution in [2.45, 2.75) is 32.2 Å². The topological polar surface area (TPSA) is 61.9 Å². The highest BCUT2D eigenvalue weighted by atomic mass is 79.9. The Bertz CT molecular complexity index is 924. The molecule has 2 aromatic heterocycles. The van der Waals surface area contributed by atoms with E-state index in [2.05, 4.69) is 50.8 Å². The van der Waals surface area contributed by atoms with Crippen molar-refractivity contribution in [3.8, 4) is 6.07 Å². The van der Waals surface area contributed by atoms with E-state index in [1.54, 1.807) is 0 Å². The van der Waals surface area contributed by atoms with E-state index < -0.39 is 0 Å². The summed E-state index contributed by atoms with van der Waals surface area (Å²) in [6, 6.07) is 2.18. The van der Waals surface area contributed by atoms with Crippen molar-refractivity contribution >= 4 is 38.8 Å². The Hall–Kier alpha value is -2.13. The molecule has 0 saturated carbocycles. The van der Waals surface area contributed by atoms with Crippen molar-refractivity contribution < 1.29 is 4.79 Å². The third-order valence-corrected chi connectivity index (χ3v) is 6.03. The Kier molecular flexibility index (Phi) is 4.12. The van der Waals surface area contributed by atoms with Gasteiger partial charge in [-0.05, 0) is 28.3 Å². The first-order valence-electron chi connectivity index (χ1n) is 8.59. The lowest BCUT2D eigenvalue weighted by atomic mass is 9.92. The van der Waals surface area contributed by atoms with Crippen molar-refractivity contribution in [3.05, 3.63) is 34.2 Å². The average molecular weight is 399 g/mol. The number of amides is 1. The van der Waals surface area contributed by atoms with Crippen molar-refractivity contribution in [1.82, 2.24) is 14.5 Å². The van der Waals surface area contributed by atoms with Crippen molar-refractivity contribution in [2.24, 2.45) is 5.92 Å². The summed E-state index contributed by atoms with van der Waals surface area (Å²) in [5, 5.41) is 9.94. The summed E-state index contributed by atoms with van der Waals surface area (Å²) in [6.07, 6.45) is 10.1. The number of carbonyl (C=O) groups is 1. The Morgan fingerprint density at radius 3 is 3.16 bits per heavy atom. The van der Waals surface area contributed by atoms with Gasteiger partial charge in [0.25, 0.3) is 0 Å². The number of nitriles is 1. The maximum absolute atomic E-state index is 12.2. The molecule has 1 fully saturated rings. The van der Waals surface area contributed by atoms with Crippen LogP contribution in [-0.2, 0) is 11.2 Å². The van der Waals surface area contributed by atoms with Crippen LogP contribution in [-0.4, -0.2) is 33.4 Å². The van der Waals surface area contributed by atoms with Crippen LogP contribution in [0.4, 0.5) is 0 Å². The molecule has 0 radical (unpaired) electrons. The number of aromatic nitrogens is 2. The molecule has 0 N–H and O–H groups in total. The minimum absolute atomic E-state index is 0.0424. The second-order valence-corrected chi connectivity index (χ2v) is 7.73. The predicted octanol–water partition coefficient (Wildman–Crippen LogP) is 3.69. The molecule has 4 rings (SSSR count). The molecule has 0 bridgehead atoms. The number of carbonyl (C=O) groups excluding carboxylic acids is 1. The first-order valence-corrected chi connectivity index (χ1v) is 9.38. The minimum atomic E-state index is -0.0679. The number of hydrogen-bond donors (Lipinski definition) is 0. The number of fused-ring (bicyclic) bond motifs is 3. The van der Waals surface area contributed by atoms with E-state index in [1.165, 1.54) is 11.1 Å². The van der Waals surface area contributed by atoms with Crippen molar-refractivity contribution in [2.75, 3.05) is 13.1 Å². The van der Waals surface area contributed by atoms with Gasteiger partial charge in [-0.15, -0.1) is 0 Å². The highest BCUT2D eigenvalue weighted by Gasteiger charge is 2.31. The lowest BCUT2D eigenvalue weighted by molar-refractivity contribution is -0.132. The summed E-state index contributed by atoms with van der Waals surface area (Å²) in [5.74, 6) is 0.393. The van der Waals surface area contributed by atoms with E-state index in [4.69, 9.17) is 5.26 Å². The number of rotatable bonds is 2. The zero-order valence-corrected chi connectivity index (χ0v) is 15.7. The average Bonchev–Trinajstić information content (AvgIpc) is 3.20. The third kappa shape index (κ3) is 2.67. The van der Waals surface area contributed by atoms with Gasteiger partial charge in [0.1, 0.15) is 6.42 Å². The summed E-state index contributed by atoms with van der Waals surface area (Å²) in [7, 11) is 0. The molecule has 2 aromatic rings. The fourth-order valence-electron chi connectivity index (χ4n) is 3.97. The number of nitrogens with zero attached hydrogens (tertiary/aromatic N) is 4. The van der Waals surface area contributed by atoms with Gasteiger partial charge in [0.15, 0.2) is 0 Å². The third-order valence-electron chi connectivity index (χ3n) is 5.39. The molecule has 0 spiro atoms. The van der Waals surface area contributed by atoms with Gasteiger partial charge in [0, 0.05) is 47.3 Å². The number of allylic oxidation sites excluding steroid dienone is 1. The van der Waals surface area contributed by atoms with Crippen LogP contribution in [0.3, 0.4) is 0 Å². The van der Waals surface area contributed by atoms with Crippen LogP contribution in [0.2, 0.25) is 0 Å². The highest BCUT2D eigenvalue weighted by Crippen LogP contribution is 2.38. The largest absolute Gasteiger partial charge is 0.341 e. The maximum atomic E-state index is 12.2. The first kappa shape index (κ1) is 16.3. The van der Waals surface area contributed by atoms with E-state index in [-0.39, 0.29) is 18.4 Å². The molecule has 1 aliphatic heterocycles. The van der Waals surface area contributed by atoms with Crippen LogP contribution in [0.15, 0.2) is 22.9 Å². The van der Waals surface area contributed by atoms with E-state index >= 15 is 0 Å². The monoisotopic (exact) mass is 398 g/mol. The molecule has 128 valence electrons. The summed E-state index contributed by atoms with van der Waals surface area (Å²) in [6.45, 7) is 3.63. The summed E-state index contributed by atoms with van der Waals surface area (Å²) < 4.78 is 3.34. The van der Waals surface area contributed by atoms with Gasteiger partial charge in [0.05, 0.1) is 23.3 Å². The Morgan fingerprint density at radius 1 is 1.52 bits per heavy atom. The quantitative estimate of drug-likeness (QED) is 0.774. The van der Waals surface area contributed by atoms with E-state index in [1.807, 2.05) is 17.2 Å². The van der Waals surface area contributed by atoms with E-state index in [9.17, 15) is 4.79 Å². The van der Waals surface area contributed by atoms with Gasteiger partial charge >= 0.3 is 0 Å². The molecule has 3 heterocycles. The molecule has 25 heavy (non-hydrogen) atoms. The van der Waals surface area contributed by atoms with Crippen LogP contribution < -0.4 is 0 Å². The highest BCUT2D eigenvalue weighted by molar-refractivity contribution is 9.10. The smallest absolute Gasteiger partial charge is 0.236 e. The molecule has 0 unspecified atom stereocenters. The Balaban J connectivity index is 1.78. The zero-order valence-electron chi connectivity index (χ0n) is 14.1. The lowest BCUT2D eigenvalue weighted by Gasteiger charge is -2.38. The van der Waals surface area contributed by atoms with Crippen LogP contribution in [0.25, 0.3) is 17.0 Å². The number of piperidine rings is 1. The van der Waals surface area contributed by atoms with E-state index in [0.717, 1.165) is 34.9 Å². The maximum Gasteiger partial charge on any atom is 0.236 e. The van der Waals surface area contributed by atoms with Crippen LogP contribution in [0, 0.1) is 17.2 Å². The van der Waals surface area contributed by atoms with Gasteiger partial charge in [-0.1, -0.05) is 19.1 Å². The first-order chi connectivity index (χ1) is 12.1. The van der Waals surface area contributed by atoms with Crippen LogP contribution >= 0.6 is 15.9 Å². The Morgan fingerprint density at radius 2 is 2.36 bits per heavy atom. The summed E-state index contributed by atoms with van der Waals surface area (Å²) in [5.41, 5.74) is 3.49. The molecule has 6 heteroatoms. The van der Waals surface area contributed by atoms with Crippen molar-refractivity contribution in [1.29, 1.82) is 5.26 Å². The van der Waals surface area contributed by atoms with Gasteiger partial charge in [-0.2, -0.15) is 5.26 Å². The van der Waals surface area contributed by atoms with Gasteiger partial charge in [-0.3, -0.25) is 9.78 Å². The standard InChI is InChI=1S/C19H19BrN4O/c1-12-6-8-23(18(25)5-7-21)11-17(12)24-10-15(20)14-9-22-16-4-2-3-13(16)19(14)24/h2-3,9-10,12,17H,4-6,8,11H2,1H3/t12-,17+/m1/s1. The number of likely N-dealkylation sites (tertiary alicyclic amines) is 1. The van der Waals surface area contributed by atoms with Gasteiger partial charge < -0.3 is 9.47 Å².